The van der Waals surface area contributed by atoms with E-state index in [4.69, 9.17) is 0 Å². The van der Waals surface area contributed by atoms with Gasteiger partial charge in [0.05, 0.1) is 0 Å². The van der Waals surface area contributed by atoms with Crippen molar-refractivity contribution in [3.8, 4) is 0 Å². The van der Waals surface area contributed by atoms with Crippen LogP contribution in [0.3, 0.4) is 0 Å². The molecule has 172 valence electrons. The Morgan fingerprint density at radius 1 is 0.400 bits per heavy atom. The lowest BCUT2D eigenvalue weighted by molar-refractivity contribution is 1.12. The minimum absolute atomic E-state index is 1.07. The van der Waals surface area contributed by atoms with Gasteiger partial charge in [-0.05, 0) is 84.3 Å². The van der Waals surface area contributed by atoms with Crippen molar-refractivity contribution in [2.45, 2.75) is 17.9 Å². The van der Waals surface area contributed by atoms with Crippen molar-refractivity contribution in [1.82, 2.24) is 0 Å². The van der Waals surface area contributed by atoms with Crippen LogP contribution in [0.2, 0.25) is 0 Å². The van der Waals surface area contributed by atoms with Crippen molar-refractivity contribution < 1.29 is 0 Å². The molecule has 0 radical (unpaired) electrons. The van der Waals surface area contributed by atoms with Crippen LogP contribution < -0.4 is 0 Å². The third-order valence-electron chi connectivity index (χ3n) is 6.84. The van der Waals surface area contributed by atoms with E-state index in [2.05, 4.69) is 133 Å². The molecule has 0 aliphatic carbocycles. The molecule has 0 amide bonds. The van der Waals surface area contributed by atoms with E-state index in [0.29, 0.717) is 0 Å². The van der Waals surface area contributed by atoms with Gasteiger partial charge in [0.15, 0.2) is 0 Å². The quantitative estimate of drug-likeness (QED) is 0.154. The number of benzene rings is 6. The molecule has 0 saturated heterocycles. The minimum Gasteiger partial charge on any atom is -0.157 e. The minimum atomic E-state index is 1.07. The molecule has 0 aliphatic rings. The van der Waals surface area contributed by atoms with Gasteiger partial charge in [-0.3, -0.25) is 0 Å². The van der Waals surface area contributed by atoms with Crippen LogP contribution in [0.1, 0.15) is 17.5 Å². The second-order valence-corrected chi connectivity index (χ2v) is 11.3. The molecule has 35 heavy (non-hydrogen) atoms. The van der Waals surface area contributed by atoms with Crippen molar-refractivity contribution in [2.75, 3.05) is 11.5 Å². The van der Waals surface area contributed by atoms with E-state index < -0.39 is 0 Å². The zero-order valence-electron chi connectivity index (χ0n) is 19.7. The molecule has 0 heterocycles. The molecule has 0 unspecified atom stereocenters. The summed E-state index contributed by atoms with van der Waals surface area (Å²) in [4.78, 5) is 0. The number of thioether (sulfide) groups is 2. The predicted molar refractivity (Wildman–Crippen MR) is 160 cm³/mol. The normalized spacial score (nSPS) is 11.7. The first-order chi connectivity index (χ1) is 17.4. The maximum Gasteiger partial charge on any atom is 0.0196 e. The molecular weight excluding hydrogens is 460 g/mol. The van der Waals surface area contributed by atoms with Gasteiger partial charge in [-0.25, -0.2) is 0 Å². The SMILES string of the molecule is c1ccc2c(CSCCCSCc3c4ccccc4cc4ccccc34)c3ccccc3cc2c1. The molecule has 0 spiro atoms. The summed E-state index contributed by atoms with van der Waals surface area (Å²) in [5.74, 6) is 4.53. The summed E-state index contributed by atoms with van der Waals surface area (Å²) in [7, 11) is 0. The molecule has 2 heteroatoms. The Morgan fingerprint density at radius 3 is 1.06 bits per heavy atom. The fourth-order valence-corrected chi connectivity index (χ4v) is 7.34. The molecule has 0 aromatic heterocycles. The number of fused-ring (bicyclic) bond motifs is 4. The summed E-state index contributed by atoms with van der Waals surface area (Å²) in [5, 5.41) is 11.0. The summed E-state index contributed by atoms with van der Waals surface area (Å²) in [6, 6.07) is 40.0. The van der Waals surface area contributed by atoms with Crippen LogP contribution in [0, 0.1) is 0 Å². The first kappa shape index (κ1) is 22.5. The predicted octanol–water partition coefficient (Wildman–Crippen LogP) is 9.86. The lowest BCUT2D eigenvalue weighted by Crippen LogP contribution is -1.92. The van der Waals surface area contributed by atoms with Gasteiger partial charge in [-0.2, -0.15) is 23.5 Å². The Morgan fingerprint density at radius 2 is 0.714 bits per heavy atom. The Hall–Kier alpha value is -2.94. The lowest BCUT2D eigenvalue weighted by atomic mass is 9.98. The summed E-state index contributed by atoms with van der Waals surface area (Å²) < 4.78 is 0. The van der Waals surface area contributed by atoms with Crippen LogP contribution in [0.4, 0.5) is 0 Å². The molecule has 0 nitrogen and oxygen atoms in total. The highest BCUT2D eigenvalue weighted by Crippen LogP contribution is 2.33. The van der Waals surface area contributed by atoms with Gasteiger partial charge in [-0.1, -0.05) is 97.1 Å². The van der Waals surface area contributed by atoms with Gasteiger partial charge < -0.3 is 0 Å². The van der Waals surface area contributed by atoms with Crippen molar-refractivity contribution >= 4 is 66.6 Å². The smallest absolute Gasteiger partial charge is 0.0196 e. The number of hydrogen-bond donors (Lipinski definition) is 0. The maximum atomic E-state index is 2.33. The number of rotatable bonds is 8. The van der Waals surface area contributed by atoms with Crippen LogP contribution in [-0.2, 0) is 11.5 Å². The van der Waals surface area contributed by atoms with E-state index in [0.717, 1.165) is 11.5 Å². The summed E-state index contributed by atoms with van der Waals surface area (Å²) >= 11 is 4.15. The van der Waals surface area contributed by atoms with E-state index in [-0.39, 0.29) is 0 Å². The van der Waals surface area contributed by atoms with Gasteiger partial charge in [-0.15, -0.1) is 0 Å². The standard InChI is InChI=1S/C33H28S2/c1-5-14-28-24(10-1)20-25-11-2-6-15-29(25)32(28)22-34-18-9-19-35-23-33-30-16-7-3-12-26(30)21-27-13-4-8-17-31(27)33/h1-8,10-17,20-21H,9,18-19,22-23H2. The summed E-state index contributed by atoms with van der Waals surface area (Å²) in [5.41, 5.74) is 2.97. The Kier molecular flexibility index (Phi) is 6.66. The van der Waals surface area contributed by atoms with E-state index in [1.165, 1.54) is 72.1 Å². The van der Waals surface area contributed by atoms with E-state index >= 15 is 0 Å². The Labute approximate surface area is 215 Å². The monoisotopic (exact) mass is 488 g/mol. The fraction of sp³-hybridized carbons (Fsp3) is 0.152. The fourth-order valence-electron chi connectivity index (χ4n) is 5.14. The summed E-state index contributed by atoms with van der Waals surface area (Å²) in [6.07, 6.45) is 1.24. The molecule has 6 aromatic rings. The number of hydrogen-bond acceptors (Lipinski definition) is 2. The topological polar surface area (TPSA) is 0 Å². The first-order valence-electron chi connectivity index (χ1n) is 12.3. The van der Waals surface area contributed by atoms with Crippen molar-refractivity contribution in [1.29, 1.82) is 0 Å². The molecule has 0 atom stereocenters. The second-order valence-electron chi connectivity index (χ2n) is 9.05. The van der Waals surface area contributed by atoms with Gasteiger partial charge >= 0.3 is 0 Å². The van der Waals surface area contributed by atoms with Crippen LogP contribution in [0.15, 0.2) is 109 Å². The van der Waals surface area contributed by atoms with E-state index in [9.17, 15) is 0 Å². The van der Waals surface area contributed by atoms with Crippen LogP contribution in [-0.4, -0.2) is 11.5 Å². The third-order valence-corrected chi connectivity index (χ3v) is 8.98. The van der Waals surface area contributed by atoms with Crippen molar-refractivity contribution in [2.24, 2.45) is 0 Å². The van der Waals surface area contributed by atoms with E-state index in [1.54, 1.807) is 0 Å². The van der Waals surface area contributed by atoms with Crippen LogP contribution in [0.5, 0.6) is 0 Å². The first-order valence-corrected chi connectivity index (χ1v) is 14.6. The van der Waals surface area contributed by atoms with Gasteiger partial charge in [0.1, 0.15) is 0 Å². The Bertz CT molecular complexity index is 1400. The highest BCUT2D eigenvalue weighted by atomic mass is 32.2. The van der Waals surface area contributed by atoms with Gasteiger partial charge in [0, 0.05) is 11.5 Å². The molecule has 0 N–H and O–H groups in total. The second kappa shape index (κ2) is 10.4. The average Bonchev–Trinajstić information content (AvgIpc) is 2.91. The lowest BCUT2D eigenvalue weighted by Gasteiger charge is -2.12. The van der Waals surface area contributed by atoms with Gasteiger partial charge in [0.2, 0.25) is 0 Å². The molecule has 0 aliphatic heterocycles. The maximum absolute atomic E-state index is 2.33. The molecule has 6 rings (SSSR count). The Balaban J connectivity index is 1.10. The third kappa shape index (κ3) is 4.66. The zero-order chi connectivity index (χ0) is 23.5. The zero-order valence-corrected chi connectivity index (χ0v) is 21.4. The highest BCUT2D eigenvalue weighted by molar-refractivity contribution is 7.99. The van der Waals surface area contributed by atoms with Crippen LogP contribution in [0.25, 0.3) is 43.1 Å². The van der Waals surface area contributed by atoms with Crippen molar-refractivity contribution in [3.05, 3.63) is 120 Å². The van der Waals surface area contributed by atoms with Crippen molar-refractivity contribution in [3.63, 3.8) is 0 Å². The largest absolute Gasteiger partial charge is 0.157 e. The summed E-state index contributed by atoms with van der Waals surface area (Å²) in [6.45, 7) is 0. The van der Waals surface area contributed by atoms with E-state index in [1.807, 2.05) is 0 Å². The highest BCUT2D eigenvalue weighted by Gasteiger charge is 2.09. The average molecular weight is 489 g/mol. The molecule has 0 bridgehead atoms. The van der Waals surface area contributed by atoms with Crippen LogP contribution >= 0.6 is 23.5 Å². The molecule has 0 saturated carbocycles. The molecule has 0 fully saturated rings. The molecular formula is C33H28S2. The van der Waals surface area contributed by atoms with Gasteiger partial charge in [0.25, 0.3) is 0 Å². The molecule has 6 aromatic carbocycles.